The molecule has 108 valence electrons. The van der Waals surface area contributed by atoms with E-state index in [1.165, 1.54) is 6.08 Å². The lowest BCUT2D eigenvalue weighted by atomic mass is 10.1. The van der Waals surface area contributed by atoms with Gasteiger partial charge >= 0.3 is 5.97 Å². The predicted octanol–water partition coefficient (Wildman–Crippen LogP) is 1.52. The van der Waals surface area contributed by atoms with Gasteiger partial charge in [-0.1, -0.05) is 24.3 Å². The van der Waals surface area contributed by atoms with Crippen LogP contribution in [-0.4, -0.2) is 42.5 Å². The molecule has 0 heterocycles. The summed E-state index contributed by atoms with van der Waals surface area (Å²) in [4.78, 5) is 23.9. The standard InChI is InChI=1S/C15H20N2O3/c1-11(16-14(18)10-17(2)3)13-7-4-12(5-8-13)6-9-15(19)20/h4-9,11H,10H2,1-3H3,(H,16,18)(H,19,20)/b9-6+. The van der Waals surface area contributed by atoms with Crippen molar-refractivity contribution in [1.29, 1.82) is 0 Å². The first-order chi connectivity index (χ1) is 9.38. The van der Waals surface area contributed by atoms with Crippen LogP contribution in [0.25, 0.3) is 6.08 Å². The maximum Gasteiger partial charge on any atom is 0.328 e. The zero-order valence-corrected chi connectivity index (χ0v) is 12.0. The first-order valence-electron chi connectivity index (χ1n) is 6.33. The van der Waals surface area contributed by atoms with Gasteiger partial charge in [0.15, 0.2) is 0 Å². The van der Waals surface area contributed by atoms with Crippen molar-refractivity contribution in [3.05, 3.63) is 41.5 Å². The molecule has 0 spiro atoms. The Hall–Kier alpha value is -2.14. The number of likely N-dealkylation sites (N-methyl/N-ethyl adjacent to an activating group) is 1. The Morgan fingerprint density at radius 3 is 2.40 bits per heavy atom. The lowest BCUT2D eigenvalue weighted by Gasteiger charge is -2.16. The second-order valence-corrected chi connectivity index (χ2v) is 4.87. The van der Waals surface area contributed by atoms with Gasteiger partial charge in [0.05, 0.1) is 12.6 Å². The van der Waals surface area contributed by atoms with Gasteiger partial charge in [0, 0.05) is 6.08 Å². The number of carbonyl (C=O) groups excluding carboxylic acids is 1. The third-order valence-electron chi connectivity index (χ3n) is 2.69. The van der Waals surface area contributed by atoms with E-state index in [9.17, 15) is 9.59 Å². The van der Waals surface area contributed by atoms with Gasteiger partial charge in [-0.2, -0.15) is 0 Å². The van der Waals surface area contributed by atoms with Crippen molar-refractivity contribution in [3.63, 3.8) is 0 Å². The minimum Gasteiger partial charge on any atom is -0.478 e. The van der Waals surface area contributed by atoms with Crippen LogP contribution in [0.3, 0.4) is 0 Å². The van der Waals surface area contributed by atoms with Crippen molar-refractivity contribution in [2.45, 2.75) is 13.0 Å². The van der Waals surface area contributed by atoms with Gasteiger partial charge in [0.25, 0.3) is 0 Å². The monoisotopic (exact) mass is 276 g/mol. The van der Waals surface area contributed by atoms with Crippen molar-refractivity contribution in [2.75, 3.05) is 20.6 Å². The first kappa shape index (κ1) is 15.9. The predicted molar refractivity (Wildman–Crippen MR) is 78.2 cm³/mol. The number of hydrogen-bond acceptors (Lipinski definition) is 3. The van der Waals surface area contributed by atoms with E-state index in [4.69, 9.17) is 5.11 Å². The Bertz CT molecular complexity index is 492. The molecule has 20 heavy (non-hydrogen) atoms. The van der Waals surface area contributed by atoms with Gasteiger partial charge in [-0.05, 0) is 38.2 Å². The van der Waals surface area contributed by atoms with Crippen molar-refractivity contribution in [1.82, 2.24) is 10.2 Å². The van der Waals surface area contributed by atoms with Crippen LogP contribution in [0.5, 0.6) is 0 Å². The van der Waals surface area contributed by atoms with Crippen LogP contribution < -0.4 is 5.32 Å². The third-order valence-corrected chi connectivity index (χ3v) is 2.69. The van der Waals surface area contributed by atoms with Crippen LogP contribution in [0.1, 0.15) is 24.1 Å². The van der Waals surface area contributed by atoms with Gasteiger partial charge in [-0.3, -0.25) is 4.79 Å². The number of nitrogens with one attached hydrogen (secondary N) is 1. The number of hydrogen-bond donors (Lipinski definition) is 2. The molecule has 1 atom stereocenters. The summed E-state index contributed by atoms with van der Waals surface area (Å²) in [6.07, 6.45) is 2.62. The summed E-state index contributed by atoms with van der Waals surface area (Å²) >= 11 is 0. The summed E-state index contributed by atoms with van der Waals surface area (Å²) in [6.45, 7) is 2.26. The average Bonchev–Trinajstić information content (AvgIpc) is 2.35. The van der Waals surface area contributed by atoms with E-state index in [2.05, 4.69) is 5.32 Å². The highest BCUT2D eigenvalue weighted by Gasteiger charge is 2.09. The molecule has 1 amide bonds. The number of rotatable bonds is 6. The van der Waals surface area contributed by atoms with Gasteiger partial charge in [-0.15, -0.1) is 0 Å². The number of benzene rings is 1. The van der Waals surface area contributed by atoms with Gasteiger partial charge in [-0.25, -0.2) is 4.79 Å². The second kappa shape index (κ2) is 7.45. The molecule has 2 N–H and O–H groups in total. The third kappa shape index (κ3) is 5.67. The van der Waals surface area contributed by atoms with E-state index in [-0.39, 0.29) is 11.9 Å². The molecule has 1 aromatic rings. The number of amides is 1. The Balaban J connectivity index is 2.63. The van der Waals surface area contributed by atoms with Crippen LogP contribution in [0, 0.1) is 0 Å². The fourth-order valence-electron chi connectivity index (χ4n) is 1.72. The normalized spacial score (nSPS) is 12.6. The fraction of sp³-hybridized carbons (Fsp3) is 0.333. The Kier molecular flexibility index (Phi) is 5.93. The van der Waals surface area contributed by atoms with Crippen molar-refractivity contribution in [2.24, 2.45) is 0 Å². The maximum atomic E-state index is 11.7. The Morgan fingerprint density at radius 1 is 1.30 bits per heavy atom. The fourth-order valence-corrected chi connectivity index (χ4v) is 1.72. The van der Waals surface area contributed by atoms with Gasteiger partial charge in [0.1, 0.15) is 0 Å². The Labute approximate surface area is 118 Å². The Morgan fingerprint density at radius 2 is 1.90 bits per heavy atom. The minimum absolute atomic E-state index is 0.0302. The molecule has 0 bridgehead atoms. The van der Waals surface area contributed by atoms with Crippen molar-refractivity contribution < 1.29 is 14.7 Å². The minimum atomic E-state index is -0.974. The van der Waals surface area contributed by atoms with Crippen LogP contribution in [0.15, 0.2) is 30.3 Å². The summed E-state index contributed by atoms with van der Waals surface area (Å²) in [6, 6.07) is 7.32. The van der Waals surface area contributed by atoms with E-state index in [1.807, 2.05) is 50.2 Å². The zero-order chi connectivity index (χ0) is 15.1. The number of nitrogens with zero attached hydrogens (tertiary/aromatic N) is 1. The SMILES string of the molecule is CC(NC(=O)CN(C)C)c1ccc(/C=C/C(=O)O)cc1. The largest absolute Gasteiger partial charge is 0.478 e. The van der Waals surface area contributed by atoms with E-state index >= 15 is 0 Å². The van der Waals surface area contributed by atoms with E-state index < -0.39 is 5.97 Å². The van der Waals surface area contributed by atoms with Gasteiger partial charge < -0.3 is 15.3 Å². The molecule has 5 heteroatoms. The summed E-state index contributed by atoms with van der Waals surface area (Å²) in [5, 5.41) is 11.5. The highest BCUT2D eigenvalue weighted by atomic mass is 16.4. The number of aliphatic carboxylic acids is 1. The second-order valence-electron chi connectivity index (χ2n) is 4.87. The molecule has 0 aromatic heterocycles. The van der Waals surface area contributed by atoms with Crippen LogP contribution in [0.4, 0.5) is 0 Å². The molecule has 5 nitrogen and oxygen atoms in total. The lowest BCUT2D eigenvalue weighted by molar-refractivity contribution is -0.131. The molecule has 0 aliphatic rings. The molecule has 1 unspecified atom stereocenters. The highest BCUT2D eigenvalue weighted by Crippen LogP contribution is 2.14. The van der Waals surface area contributed by atoms with E-state index in [0.717, 1.165) is 17.2 Å². The quantitative estimate of drug-likeness (QED) is 0.773. The summed E-state index contributed by atoms with van der Waals surface area (Å²) < 4.78 is 0. The van der Waals surface area contributed by atoms with E-state index in [0.29, 0.717) is 6.54 Å². The van der Waals surface area contributed by atoms with Crippen LogP contribution >= 0.6 is 0 Å². The molecular formula is C15H20N2O3. The summed E-state index contributed by atoms with van der Waals surface area (Å²) in [5.74, 6) is -1.00. The molecule has 0 radical (unpaired) electrons. The number of carboxylic acids is 1. The summed E-state index contributed by atoms with van der Waals surface area (Å²) in [5.41, 5.74) is 1.78. The molecule has 0 fully saturated rings. The molecule has 0 aliphatic heterocycles. The molecule has 1 aromatic carbocycles. The van der Waals surface area contributed by atoms with Crippen LogP contribution in [-0.2, 0) is 9.59 Å². The molecule has 1 rings (SSSR count). The topological polar surface area (TPSA) is 69.6 Å². The number of carboxylic acid groups (broad SMARTS) is 1. The van der Waals surface area contributed by atoms with Gasteiger partial charge in [0.2, 0.25) is 5.91 Å². The number of carbonyl (C=O) groups is 2. The maximum absolute atomic E-state index is 11.7. The van der Waals surface area contributed by atoms with E-state index in [1.54, 1.807) is 0 Å². The molecule has 0 aliphatic carbocycles. The highest BCUT2D eigenvalue weighted by molar-refractivity contribution is 5.85. The zero-order valence-electron chi connectivity index (χ0n) is 12.0. The van der Waals surface area contributed by atoms with Crippen molar-refractivity contribution in [3.8, 4) is 0 Å². The summed E-state index contributed by atoms with van der Waals surface area (Å²) in [7, 11) is 3.68. The smallest absolute Gasteiger partial charge is 0.328 e. The van der Waals surface area contributed by atoms with Crippen LogP contribution in [0.2, 0.25) is 0 Å². The molecule has 0 saturated heterocycles. The molecular weight excluding hydrogens is 256 g/mol. The van der Waals surface area contributed by atoms with Crippen molar-refractivity contribution >= 4 is 18.0 Å². The first-order valence-corrected chi connectivity index (χ1v) is 6.33. The average molecular weight is 276 g/mol. The molecule has 0 saturated carbocycles. The lowest BCUT2D eigenvalue weighted by Crippen LogP contribution is -2.34.